The van der Waals surface area contributed by atoms with E-state index in [9.17, 15) is 13.2 Å². The molecule has 3 aromatic rings. The first-order valence-corrected chi connectivity index (χ1v) is 10.4. The van der Waals surface area contributed by atoms with Gasteiger partial charge in [0.1, 0.15) is 15.7 Å². The van der Waals surface area contributed by atoms with Crippen LogP contribution in [0.1, 0.15) is 16.2 Å². The molecule has 0 saturated carbocycles. The summed E-state index contributed by atoms with van der Waals surface area (Å²) in [5.41, 5.74) is 1.08. The predicted molar refractivity (Wildman–Crippen MR) is 99.7 cm³/mol. The molecule has 1 aliphatic heterocycles. The fourth-order valence-corrected chi connectivity index (χ4v) is 5.62. The molecular formula is C18H15N3O3S2. The van der Waals surface area contributed by atoms with E-state index in [0.717, 1.165) is 20.2 Å². The minimum atomic E-state index is -3.76. The van der Waals surface area contributed by atoms with E-state index in [4.69, 9.17) is 0 Å². The van der Waals surface area contributed by atoms with Crippen molar-refractivity contribution in [3.63, 3.8) is 0 Å². The number of sulfonamides is 1. The van der Waals surface area contributed by atoms with E-state index in [1.165, 1.54) is 17.8 Å². The van der Waals surface area contributed by atoms with Gasteiger partial charge in [0, 0.05) is 17.7 Å². The number of carbonyl (C=O) groups excluding carboxylic acids is 1. The number of aryl methyl sites for hydroxylation is 1. The number of aromatic nitrogens is 2. The molecule has 4 rings (SSSR count). The molecule has 26 heavy (non-hydrogen) atoms. The van der Waals surface area contributed by atoms with E-state index in [1.807, 2.05) is 31.2 Å². The maximum atomic E-state index is 12.6. The van der Waals surface area contributed by atoms with Crippen LogP contribution >= 0.6 is 11.8 Å². The van der Waals surface area contributed by atoms with Gasteiger partial charge in [0.25, 0.3) is 15.9 Å². The third-order valence-corrected chi connectivity index (χ3v) is 6.94. The van der Waals surface area contributed by atoms with Crippen LogP contribution in [-0.2, 0) is 10.0 Å². The van der Waals surface area contributed by atoms with Crippen LogP contribution in [0.3, 0.4) is 0 Å². The number of hydrogen-bond acceptors (Lipinski definition) is 6. The van der Waals surface area contributed by atoms with Crippen molar-refractivity contribution in [1.82, 2.24) is 14.3 Å². The third-order valence-electron chi connectivity index (χ3n) is 4.13. The number of para-hydroxylation sites is 1. The summed E-state index contributed by atoms with van der Waals surface area (Å²) in [6.45, 7) is 1.92. The molecule has 2 heterocycles. The van der Waals surface area contributed by atoms with Gasteiger partial charge in [-0.25, -0.2) is 22.7 Å². The number of rotatable bonds is 4. The zero-order valence-electron chi connectivity index (χ0n) is 13.9. The summed E-state index contributed by atoms with van der Waals surface area (Å²) in [5.74, 6) is 0.604. The van der Waals surface area contributed by atoms with Gasteiger partial charge in [-0.3, -0.25) is 4.79 Å². The highest BCUT2D eigenvalue weighted by Gasteiger charge is 2.40. The lowest BCUT2D eigenvalue weighted by atomic mass is 10.2. The van der Waals surface area contributed by atoms with Crippen molar-refractivity contribution < 1.29 is 13.2 Å². The van der Waals surface area contributed by atoms with E-state index < -0.39 is 15.9 Å². The number of fused-ring (bicyclic) bond motifs is 2. The Bertz CT molecular complexity index is 1130. The van der Waals surface area contributed by atoms with Gasteiger partial charge in [-0.15, -0.1) is 11.8 Å². The summed E-state index contributed by atoms with van der Waals surface area (Å²) in [6.07, 6.45) is 0. The lowest BCUT2D eigenvalue weighted by Crippen LogP contribution is -2.32. The molecule has 1 aliphatic rings. The summed E-state index contributed by atoms with van der Waals surface area (Å²) < 4.78 is 26.1. The molecule has 6 nitrogen and oxygen atoms in total. The highest BCUT2D eigenvalue weighted by atomic mass is 32.2. The van der Waals surface area contributed by atoms with Crippen LogP contribution in [0.4, 0.5) is 0 Å². The normalized spacial score (nSPS) is 15.4. The monoisotopic (exact) mass is 385 g/mol. The van der Waals surface area contributed by atoms with E-state index in [0.29, 0.717) is 11.6 Å². The largest absolute Gasteiger partial charge is 0.269 e. The van der Waals surface area contributed by atoms with Crippen LogP contribution in [0.5, 0.6) is 0 Å². The third kappa shape index (κ3) is 2.75. The fraction of sp³-hybridized carbons (Fsp3) is 0.167. The smallest absolute Gasteiger partial charge is 0.268 e. The van der Waals surface area contributed by atoms with Crippen molar-refractivity contribution >= 4 is 38.6 Å². The minimum Gasteiger partial charge on any atom is -0.268 e. The molecule has 0 aliphatic carbocycles. The molecule has 0 saturated heterocycles. The molecule has 0 N–H and O–H groups in total. The SMILES string of the molecule is Cc1nc(SCCN2C(=O)c3ccccc3S2(=O)=O)c2ccccc2n1. The van der Waals surface area contributed by atoms with Crippen LogP contribution in [0.15, 0.2) is 58.5 Å². The molecule has 0 bridgehead atoms. The summed E-state index contributed by atoms with van der Waals surface area (Å²) in [6, 6.07) is 14.0. The Morgan fingerprint density at radius 1 is 1.04 bits per heavy atom. The molecule has 2 aromatic carbocycles. The molecule has 1 aromatic heterocycles. The second-order valence-corrected chi connectivity index (χ2v) is 8.73. The Balaban J connectivity index is 1.56. The van der Waals surface area contributed by atoms with Crippen LogP contribution in [0.2, 0.25) is 0 Å². The Kier molecular flexibility index (Phi) is 4.16. The van der Waals surface area contributed by atoms with E-state index in [-0.39, 0.29) is 17.0 Å². The van der Waals surface area contributed by atoms with E-state index in [2.05, 4.69) is 9.97 Å². The number of thioether (sulfide) groups is 1. The molecule has 0 radical (unpaired) electrons. The van der Waals surface area contributed by atoms with Gasteiger partial charge in [0.05, 0.1) is 11.1 Å². The maximum absolute atomic E-state index is 12.6. The molecule has 0 fully saturated rings. The summed E-state index contributed by atoms with van der Waals surface area (Å²) >= 11 is 1.42. The zero-order valence-corrected chi connectivity index (χ0v) is 15.5. The van der Waals surface area contributed by atoms with E-state index >= 15 is 0 Å². The first kappa shape index (κ1) is 17.0. The van der Waals surface area contributed by atoms with Crippen molar-refractivity contribution in [3.05, 3.63) is 59.9 Å². The van der Waals surface area contributed by atoms with Gasteiger partial charge in [0.2, 0.25) is 0 Å². The van der Waals surface area contributed by atoms with Crippen LogP contribution < -0.4 is 0 Å². The van der Waals surface area contributed by atoms with Gasteiger partial charge in [-0.1, -0.05) is 30.3 Å². The quantitative estimate of drug-likeness (QED) is 0.507. The minimum absolute atomic E-state index is 0.0818. The van der Waals surface area contributed by atoms with Crippen molar-refractivity contribution in [3.8, 4) is 0 Å². The standard InChI is InChI=1S/C18H15N3O3S2/c1-12-19-15-8-4-2-6-13(15)17(20-12)25-11-10-21-18(22)14-7-3-5-9-16(14)26(21,23)24/h2-9H,10-11H2,1H3. The topological polar surface area (TPSA) is 80.2 Å². The lowest BCUT2D eigenvalue weighted by Gasteiger charge is -2.15. The number of carbonyl (C=O) groups is 1. The first-order chi connectivity index (χ1) is 12.5. The lowest BCUT2D eigenvalue weighted by molar-refractivity contribution is 0.0876. The average Bonchev–Trinajstić information content (AvgIpc) is 2.82. The van der Waals surface area contributed by atoms with Gasteiger partial charge in [0.15, 0.2) is 0 Å². The predicted octanol–water partition coefficient (Wildman–Crippen LogP) is 2.88. The first-order valence-electron chi connectivity index (χ1n) is 8.01. The van der Waals surface area contributed by atoms with Crippen molar-refractivity contribution in [2.75, 3.05) is 12.3 Å². The summed E-state index contributed by atoms with van der Waals surface area (Å²) in [5, 5.41) is 1.71. The van der Waals surface area contributed by atoms with Gasteiger partial charge < -0.3 is 0 Å². The fourth-order valence-electron chi connectivity index (χ4n) is 2.95. The van der Waals surface area contributed by atoms with Crippen molar-refractivity contribution in [1.29, 1.82) is 0 Å². The van der Waals surface area contributed by atoms with Gasteiger partial charge in [-0.05, 0) is 25.1 Å². The van der Waals surface area contributed by atoms with Crippen molar-refractivity contribution in [2.45, 2.75) is 16.8 Å². The zero-order chi connectivity index (χ0) is 18.3. The van der Waals surface area contributed by atoms with E-state index in [1.54, 1.807) is 18.2 Å². The summed E-state index contributed by atoms with van der Waals surface area (Å²) in [4.78, 5) is 21.4. The number of amides is 1. The summed E-state index contributed by atoms with van der Waals surface area (Å²) in [7, 11) is -3.76. The molecule has 1 amide bonds. The molecule has 132 valence electrons. The highest BCUT2D eigenvalue weighted by molar-refractivity contribution is 7.99. The molecule has 0 spiro atoms. The van der Waals surface area contributed by atoms with Crippen LogP contribution in [0, 0.1) is 6.92 Å². The molecule has 0 atom stereocenters. The van der Waals surface area contributed by atoms with Crippen molar-refractivity contribution in [2.24, 2.45) is 0 Å². The van der Waals surface area contributed by atoms with Crippen LogP contribution in [0.25, 0.3) is 10.9 Å². The molecule has 0 unspecified atom stereocenters. The average molecular weight is 385 g/mol. The Hall–Kier alpha value is -2.45. The maximum Gasteiger partial charge on any atom is 0.269 e. The Morgan fingerprint density at radius 3 is 2.58 bits per heavy atom. The molecular weight excluding hydrogens is 370 g/mol. The Morgan fingerprint density at radius 2 is 1.77 bits per heavy atom. The second-order valence-electron chi connectivity index (χ2n) is 5.82. The van der Waals surface area contributed by atoms with Crippen LogP contribution in [-0.4, -0.2) is 40.9 Å². The van der Waals surface area contributed by atoms with Gasteiger partial charge >= 0.3 is 0 Å². The number of nitrogens with zero attached hydrogens (tertiary/aromatic N) is 3. The van der Waals surface area contributed by atoms with Gasteiger partial charge in [-0.2, -0.15) is 0 Å². The highest BCUT2D eigenvalue weighted by Crippen LogP contribution is 2.31. The number of benzene rings is 2. The Labute approximate surface area is 155 Å². The number of hydrogen-bond donors (Lipinski definition) is 0. The molecule has 8 heteroatoms. The second kappa shape index (κ2) is 6.37.